The molecule has 3 amide bonds. The highest BCUT2D eigenvalue weighted by molar-refractivity contribution is 7.92. The van der Waals surface area contributed by atoms with Crippen LogP contribution in [0.25, 0.3) is 6.08 Å². The number of nitrogens with one attached hydrogen (secondary N) is 1. The molecule has 1 aromatic heterocycles. The van der Waals surface area contributed by atoms with Crippen LogP contribution in [-0.4, -0.2) is 110 Å². The summed E-state index contributed by atoms with van der Waals surface area (Å²) in [6.07, 6.45) is 4.27. The molecule has 0 saturated carbocycles. The summed E-state index contributed by atoms with van der Waals surface area (Å²) in [5, 5.41) is 1.04. The number of rotatable bonds is 9. The van der Waals surface area contributed by atoms with Crippen LogP contribution in [0.3, 0.4) is 0 Å². The molecule has 39 heavy (non-hydrogen) atoms. The molecule has 10 nitrogen and oxygen atoms in total. The Morgan fingerprint density at radius 2 is 1.82 bits per heavy atom. The van der Waals surface area contributed by atoms with Gasteiger partial charge in [-0.05, 0) is 43.9 Å². The van der Waals surface area contributed by atoms with Crippen LogP contribution in [0.15, 0.2) is 17.5 Å². The number of hydrogen-bond acceptors (Lipinski definition) is 7. The van der Waals surface area contributed by atoms with Crippen molar-refractivity contribution in [3.63, 3.8) is 0 Å². The standard InChI is InChI=1S/C26H38ClN5O5S2/c1-19(2)25(34)30-14-12-29(13-15-30)17-20-5-3-11-32(20)24(33)18-31-10-4-6-22(26(31)35)28-39(36,37)16-9-21-7-8-23(27)38-21/h7-9,16,19-20,22,28H,3-6,10-15,17-18H2,1-2H3/b16-9+. The summed E-state index contributed by atoms with van der Waals surface area (Å²) in [7, 11) is -3.85. The Labute approximate surface area is 240 Å². The van der Waals surface area contributed by atoms with Crippen molar-refractivity contribution in [2.75, 3.05) is 52.4 Å². The van der Waals surface area contributed by atoms with Crippen LogP contribution in [0, 0.1) is 5.92 Å². The quantitative estimate of drug-likeness (QED) is 0.465. The molecule has 0 spiro atoms. The van der Waals surface area contributed by atoms with E-state index in [0.29, 0.717) is 48.2 Å². The Balaban J connectivity index is 1.28. The summed E-state index contributed by atoms with van der Waals surface area (Å²) in [5.41, 5.74) is 0. The van der Waals surface area contributed by atoms with Crippen LogP contribution in [0.4, 0.5) is 0 Å². The number of piperazine rings is 1. The number of amides is 3. The number of likely N-dealkylation sites (tertiary alicyclic amines) is 2. The molecule has 0 radical (unpaired) electrons. The molecule has 2 atom stereocenters. The van der Waals surface area contributed by atoms with Gasteiger partial charge in [0.25, 0.3) is 0 Å². The Hall–Kier alpha value is -1.99. The van der Waals surface area contributed by atoms with Crippen molar-refractivity contribution in [3.05, 3.63) is 26.8 Å². The molecule has 0 aromatic carbocycles. The lowest BCUT2D eigenvalue weighted by atomic mass is 10.1. The molecule has 0 aliphatic carbocycles. The number of carbonyl (C=O) groups excluding carboxylic acids is 3. The lowest BCUT2D eigenvalue weighted by Crippen LogP contribution is -2.56. The molecular formula is C26H38ClN5O5S2. The zero-order valence-electron chi connectivity index (χ0n) is 22.6. The van der Waals surface area contributed by atoms with Crippen molar-refractivity contribution >= 4 is 56.8 Å². The van der Waals surface area contributed by atoms with Crippen molar-refractivity contribution in [1.29, 1.82) is 0 Å². The predicted octanol–water partition coefficient (Wildman–Crippen LogP) is 2.07. The fraction of sp³-hybridized carbons (Fsp3) is 0.654. The predicted molar refractivity (Wildman–Crippen MR) is 153 cm³/mol. The van der Waals surface area contributed by atoms with Gasteiger partial charge in [0, 0.05) is 68.1 Å². The highest BCUT2D eigenvalue weighted by Crippen LogP contribution is 2.23. The van der Waals surface area contributed by atoms with Gasteiger partial charge >= 0.3 is 0 Å². The van der Waals surface area contributed by atoms with E-state index in [1.54, 1.807) is 12.1 Å². The molecule has 216 valence electrons. The number of nitrogens with zero attached hydrogens (tertiary/aromatic N) is 4. The van der Waals surface area contributed by atoms with Crippen LogP contribution in [0.2, 0.25) is 4.34 Å². The van der Waals surface area contributed by atoms with Crippen LogP contribution in [0.1, 0.15) is 44.4 Å². The number of halogens is 1. The van der Waals surface area contributed by atoms with Crippen molar-refractivity contribution < 1.29 is 22.8 Å². The van der Waals surface area contributed by atoms with Crippen LogP contribution in [0.5, 0.6) is 0 Å². The first-order chi connectivity index (χ1) is 18.5. The molecule has 4 rings (SSSR count). The molecule has 3 aliphatic rings. The molecule has 1 N–H and O–H groups in total. The third kappa shape index (κ3) is 8.03. The van der Waals surface area contributed by atoms with E-state index in [2.05, 4.69) is 9.62 Å². The summed E-state index contributed by atoms with van der Waals surface area (Å²) < 4.78 is 28.2. The summed E-state index contributed by atoms with van der Waals surface area (Å²) in [6, 6.07) is 2.59. The Kier molecular flexibility index (Phi) is 10.1. The number of sulfonamides is 1. The highest BCUT2D eigenvalue weighted by atomic mass is 35.5. The molecule has 3 fully saturated rings. The third-order valence-electron chi connectivity index (χ3n) is 7.51. The second-order valence-electron chi connectivity index (χ2n) is 10.7. The van der Waals surface area contributed by atoms with Gasteiger partial charge in [0.05, 0.1) is 10.9 Å². The monoisotopic (exact) mass is 599 g/mol. The molecule has 1 aromatic rings. The van der Waals surface area contributed by atoms with Crippen LogP contribution in [-0.2, 0) is 24.4 Å². The summed E-state index contributed by atoms with van der Waals surface area (Å²) >= 11 is 7.15. The van der Waals surface area contributed by atoms with E-state index in [4.69, 9.17) is 11.6 Å². The zero-order chi connectivity index (χ0) is 28.2. The zero-order valence-corrected chi connectivity index (χ0v) is 24.9. The lowest BCUT2D eigenvalue weighted by Gasteiger charge is -2.38. The van der Waals surface area contributed by atoms with Gasteiger partial charge in [-0.1, -0.05) is 25.4 Å². The van der Waals surface area contributed by atoms with Gasteiger partial charge in [0.2, 0.25) is 27.7 Å². The summed E-state index contributed by atoms with van der Waals surface area (Å²) in [5.74, 6) is -0.290. The minimum absolute atomic E-state index is 0.00536. The van der Waals surface area contributed by atoms with Crippen molar-refractivity contribution in [2.45, 2.75) is 51.6 Å². The van der Waals surface area contributed by atoms with E-state index in [1.165, 1.54) is 22.3 Å². The fourth-order valence-electron chi connectivity index (χ4n) is 5.44. The number of hydrogen-bond donors (Lipinski definition) is 1. The van der Waals surface area contributed by atoms with Crippen LogP contribution >= 0.6 is 22.9 Å². The first-order valence-electron chi connectivity index (χ1n) is 13.6. The van der Waals surface area contributed by atoms with Gasteiger partial charge in [-0.2, -0.15) is 4.72 Å². The van der Waals surface area contributed by atoms with E-state index < -0.39 is 16.1 Å². The maximum Gasteiger partial charge on any atom is 0.242 e. The first-order valence-corrected chi connectivity index (χ1v) is 16.3. The second-order valence-corrected chi connectivity index (χ2v) is 14.1. The summed E-state index contributed by atoms with van der Waals surface area (Å²) in [6.45, 7) is 8.61. The highest BCUT2D eigenvalue weighted by Gasteiger charge is 2.36. The fourth-order valence-corrected chi connectivity index (χ4v) is 7.51. The molecule has 3 aliphatic heterocycles. The molecule has 4 heterocycles. The molecule has 2 unspecified atom stereocenters. The van der Waals surface area contributed by atoms with Crippen LogP contribution < -0.4 is 4.72 Å². The average molecular weight is 600 g/mol. The van der Waals surface area contributed by atoms with Crippen molar-refractivity contribution in [3.8, 4) is 0 Å². The normalized spacial score (nSPS) is 23.4. The Morgan fingerprint density at radius 3 is 2.49 bits per heavy atom. The smallest absolute Gasteiger partial charge is 0.242 e. The maximum absolute atomic E-state index is 13.3. The van der Waals surface area contributed by atoms with Crippen molar-refractivity contribution in [1.82, 2.24) is 24.3 Å². The number of piperidine rings is 1. The minimum atomic E-state index is -3.85. The third-order valence-corrected chi connectivity index (χ3v) is 9.82. The summed E-state index contributed by atoms with van der Waals surface area (Å²) in [4.78, 5) is 46.9. The van der Waals surface area contributed by atoms with E-state index >= 15 is 0 Å². The number of carbonyl (C=O) groups is 3. The largest absolute Gasteiger partial charge is 0.340 e. The first kappa shape index (κ1) is 30.0. The van der Waals surface area contributed by atoms with E-state index in [1.807, 2.05) is 23.6 Å². The van der Waals surface area contributed by atoms with E-state index in [0.717, 1.165) is 37.9 Å². The Morgan fingerprint density at radius 1 is 1.10 bits per heavy atom. The van der Waals surface area contributed by atoms with Gasteiger partial charge < -0.3 is 14.7 Å². The average Bonchev–Trinajstić information content (AvgIpc) is 3.54. The minimum Gasteiger partial charge on any atom is -0.340 e. The van der Waals surface area contributed by atoms with Gasteiger partial charge in [-0.3, -0.25) is 19.3 Å². The maximum atomic E-state index is 13.3. The van der Waals surface area contributed by atoms with Gasteiger partial charge in [0.1, 0.15) is 6.04 Å². The number of thiophene rings is 1. The topological polar surface area (TPSA) is 110 Å². The van der Waals surface area contributed by atoms with E-state index in [9.17, 15) is 22.8 Å². The van der Waals surface area contributed by atoms with Gasteiger partial charge in [0.15, 0.2) is 0 Å². The molecular weight excluding hydrogens is 562 g/mol. The van der Waals surface area contributed by atoms with Gasteiger partial charge in [-0.15, -0.1) is 11.3 Å². The molecule has 13 heteroatoms. The molecule has 3 saturated heterocycles. The molecule has 0 bridgehead atoms. The van der Waals surface area contributed by atoms with Crippen molar-refractivity contribution in [2.24, 2.45) is 5.92 Å². The Bertz CT molecular complexity index is 1180. The van der Waals surface area contributed by atoms with Gasteiger partial charge in [-0.25, -0.2) is 8.42 Å². The second kappa shape index (κ2) is 13.1. The van der Waals surface area contributed by atoms with E-state index in [-0.39, 0.29) is 36.2 Å². The lowest BCUT2D eigenvalue weighted by molar-refractivity contribution is -0.143. The SMILES string of the molecule is CC(C)C(=O)N1CCN(CC2CCCN2C(=O)CN2CCCC(NS(=O)(=O)/C=C/c3ccc(Cl)s3)C2=O)CC1.